The molecule has 0 saturated heterocycles. The van der Waals surface area contributed by atoms with Gasteiger partial charge in [-0.05, 0) is 34.5 Å². The lowest BCUT2D eigenvalue weighted by Crippen LogP contribution is -2.07. The number of aliphatic hydroxyl groups excluding tert-OH is 1. The van der Waals surface area contributed by atoms with Gasteiger partial charge < -0.3 is 14.6 Å². The monoisotopic (exact) mass is 292 g/mol. The van der Waals surface area contributed by atoms with Crippen LogP contribution in [-0.4, -0.2) is 25.4 Å². The molecule has 0 bridgehead atoms. The second kappa shape index (κ2) is 5.50. The van der Waals surface area contributed by atoms with Crippen molar-refractivity contribution in [3.63, 3.8) is 0 Å². The van der Waals surface area contributed by atoms with Gasteiger partial charge in [0, 0.05) is 6.42 Å². The first-order valence-electron chi connectivity index (χ1n) is 4.78. The van der Waals surface area contributed by atoms with Gasteiger partial charge in [-0.15, -0.1) is 0 Å². The molecule has 0 aliphatic heterocycles. The summed E-state index contributed by atoms with van der Waals surface area (Å²) in [6, 6.07) is 1.53. The predicted octanol–water partition coefficient (Wildman–Crippen LogP) is 2.53. The molecule has 0 saturated carbocycles. The number of methoxy groups -OCH3 is 2. The van der Waals surface area contributed by atoms with E-state index >= 15 is 0 Å². The molecule has 0 spiro atoms. The number of aliphatic hydroxyl groups is 1. The van der Waals surface area contributed by atoms with Crippen molar-refractivity contribution in [3.8, 4) is 11.5 Å². The lowest BCUT2D eigenvalue weighted by atomic mass is 10.1. The van der Waals surface area contributed by atoms with E-state index in [0.29, 0.717) is 17.1 Å². The molecule has 16 heavy (non-hydrogen) atoms. The van der Waals surface area contributed by atoms with Crippen molar-refractivity contribution in [1.82, 2.24) is 0 Å². The summed E-state index contributed by atoms with van der Waals surface area (Å²) in [6.07, 6.45) is -0.385. The topological polar surface area (TPSA) is 38.7 Å². The zero-order valence-electron chi connectivity index (χ0n) is 9.38. The summed E-state index contributed by atoms with van der Waals surface area (Å²) in [5, 5.41) is 9.26. The summed E-state index contributed by atoms with van der Waals surface area (Å²) in [7, 11) is 2.92. The Hall–Kier alpha value is -0.810. The third kappa shape index (κ3) is 2.65. The first kappa shape index (κ1) is 13.3. The average molecular weight is 293 g/mol. The Labute approximate surface area is 102 Å². The molecule has 90 valence electrons. The van der Waals surface area contributed by atoms with Crippen LogP contribution in [0.4, 0.5) is 4.39 Å². The molecule has 0 radical (unpaired) electrons. The van der Waals surface area contributed by atoms with Crippen molar-refractivity contribution in [2.75, 3.05) is 14.2 Å². The van der Waals surface area contributed by atoms with E-state index in [1.165, 1.54) is 20.3 Å². The molecule has 0 fully saturated rings. The van der Waals surface area contributed by atoms with Crippen LogP contribution in [0.2, 0.25) is 0 Å². The molecule has 5 heteroatoms. The van der Waals surface area contributed by atoms with Crippen molar-refractivity contribution >= 4 is 15.9 Å². The highest BCUT2D eigenvalue weighted by Crippen LogP contribution is 2.39. The highest BCUT2D eigenvalue weighted by molar-refractivity contribution is 9.10. The van der Waals surface area contributed by atoms with Crippen molar-refractivity contribution in [1.29, 1.82) is 0 Å². The molecule has 1 aromatic carbocycles. The zero-order valence-corrected chi connectivity index (χ0v) is 11.0. The SMILES string of the molecule is COc1cc(CC(C)O)c(F)c(Br)c1OC. The molecule has 0 amide bonds. The van der Waals surface area contributed by atoms with Gasteiger partial charge in [0.05, 0.1) is 24.8 Å². The Kier molecular flexibility index (Phi) is 4.56. The Morgan fingerprint density at radius 3 is 2.50 bits per heavy atom. The number of benzene rings is 1. The van der Waals surface area contributed by atoms with Crippen LogP contribution < -0.4 is 9.47 Å². The van der Waals surface area contributed by atoms with Gasteiger partial charge in [0.25, 0.3) is 0 Å². The minimum atomic E-state index is -0.612. The van der Waals surface area contributed by atoms with E-state index in [4.69, 9.17) is 9.47 Å². The van der Waals surface area contributed by atoms with Gasteiger partial charge in [-0.3, -0.25) is 0 Å². The van der Waals surface area contributed by atoms with Gasteiger partial charge in [0.15, 0.2) is 11.5 Å². The van der Waals surface area contributed by atoms with E-state index in [1.807, 2.05) is 0 Å². The minimum absolute atomic E-state index is 0.213. The Balaban J connectivity index is 3.27. The molecule has 0 heterocycles. The number of halogens is 2. The Morgan fingerprint density at radius 2 is 2.06 bits per heavy atom. The van der Waals surface area contributed by atoms with Gasteiger partial charge in [-0.2, -0.15) is 0 Å². The fourth-order valence-electron chi connectivity index (χ4n) is 1.44. The van der Waals surface area contributed by atoms with E-state index < -0.39 is 11.9 Å². The van der Waals surface area contributed by atoms with E-state index in [1.54, 1.807) is 6.92 Å². The maximum absolute atomic E-state index is 13.8. The second-order valence-corrected chi connectivity index (χ2v) is 4.25. The van der Waals surface area contributed by atoms with Crippen molar-refractivity contribution < 1.29 is 19.0 Å². The van der Waals surface area contributed by atoms with Gasteiger partial charge in [-0.25, -0.2) is 4.39 Å². The predicted molar refractivity (Wildman–Crippen MR) is 62.6 cm³/mol. The molecule has 1 unspecified atom stereocenters. The summed E-state index contributed by atoms with van der Waals surface area (Å²) in [5.74, 6) is 0.319. The normalized spacial score (nSPS) is 12.4. The van der Waals surface area contributed by atoms with Gasteiger partial charge in [-0.1, -0.05) is 0 Å². The Bertz CT molecular complexity index is 380. The third-order valence-corrected chi connectivity index (χ3v) is 2.85. The maximum Gasteiger partial charge on any atom is 0.177 e. The molecule has 0 aromatic heterocycles. The maximum atomic E-state index is 13.8. The van der Waals surface area contributed by atoms with Crippen molar-refractivity contribution in [3.05, 3.63) is 21.9 Å². The summed E-state index contributed by atoms with van der Waals surface area (Å²) < 4.78 is 24.2. The van der Waals surface area contributed by atoms with E-state index in [0.717, 1.165) is 0 Å². The average Bonchev–Trinajstić information content (AvgIpc) is 2.24. The van der Waals surface area contributed by atoms with Gasteiger partial charge in [0.1, 0.15) is 5.82 Å². The van der Waals surface area contributed by atoms with Gasteiger partial charge in [0.2, 0.25) is 0 Å². The van der Waals surface area contributed by atoms with Crippen LogP contribution in [-0.2, 0) is 6.42 Å². The van der Waals surface area contributed by atoms with E-state index in [-0.39, 0.29) is 10.9 Å². The lowest BCUT2D eigenvalue weighted by molar-refractivity contribution is 0.194. The first-order chi connectivity index (χ1) is 7.51. The van der Waals surface area contributed by atoms with Crippen LogP contribution in [0.5, 0.6) is 11.5 Å². The summed E-state index contributed by atoms with van der Waals surface area (Å²) in [5.41, 5.74) is 0.388. The second-order valence-electron chi connectivity index (χ2n) is 3.45. The Morgan fingerprint density at radius 1 is 1.44 bits per heavy atom. The number of hydrogen-bond acceptors (Lipinski definition) is 3. The van der Waals surface area contributed by atoms with Crippen LogP contribution >= 0.6 is 15.9 Å². The smallest absolute Gasteiger partial charge is 0.177 e. The fraction of sp³-hybridized carbons (Fsp3) is 0.455. The van der Waals surface area contributed by atoms with Crippen LogP contribution in [0.15, 0.2) is 10.5 Å². The first-order valence-corrected chi connectivity index (χ1v) is 5.57. The van der Waals surface area contributed by atoms with Crippen LogP contribution in [0, 0.1) is 5.82 Å². The molecule has 0 aliphatic carbocycles. The largest absolute Gasteiger partial charge is 0.493 e. The molecular weight excluding hydrogens is 279 g/mol. The summed E-state index contributed by atoms with van der Waals surface area (Å²) in [4.78, 5) is 0. The van der Waals surface area contributed by atoms with Crippen LogP contribution in [0.3, 0.4) is 0 Å². The minimum Gasteiger partial charge on any atom is -0.493 e. The molecule has 1 N–H and O–H groups in total. The highest BCUT2D eigenvalue weighted by atomic mass is 79.9. The standard InChI is InChI=1S/C11H14BrFO3/c1-6(14)4-7-5-8(15-2)11(16-3)9(12)10(7)13/h5-6,14H,4H2,1-3H3. The number of hydrogen-bond donors (Lipinski definition) is 1. The van der Waals surface area contributed by atoms with Crippen molar-refractivity contribution in [2.24, 2.45) is 0 Å². The number of rotatable bonds is 4. The van der Waals surface area contributed by atoms with Gasteiger partial charge >= 0.3 is 0 Å². The summed E-state index contributed by atoms with van der Waals surface area (Å²) >= 11 is 3.11. The molecule has 1 aromatic rings. The summed E-state index contributed by atoms with van der Waals surface area (Å²) in [6.45, 7) is 1.60. The molecule has 0 aliphatic rings. The quantitative estimate of drug-likeness (QED) is 0.927. The molecule has 1 atom stereocenters. The fourth-order valence-corrected chi connectivity index (χ4v) is 2.06. The highest BCUT2D eigenvalue weighted by Gasteiger charge is 2.18. The van der Waals surface area contributed by atoms with E-state index in [2.05, 4.69) is 15.9 Å². The zero-order chi connectivity index (χ0) is 12.3. The molecule has 1 rings (SSSR count). The lowest BCUT2D eigenvalue weighted by Gasteiger charge is -2.14. The van der Waals surface area contributed by atoms with Crippen LogP contribution in [0.1, 0.15) is 12.5 Å². The molecular formula is C11H14BrFO3. The molecule has 3 nitrogen and oxygen atoms in total. The van der Waals surface area contributed by atoms with E-state index in [9.17, 15) is 9.50 Å². The number of ether oxygens (including phenoxy) is 2. The third-order valence-electron chi connectivity index (χ3n) is 2.14. The van der Waals surface area contributed by atoms with Crippen molar-refractivity contribution in [2.45, 2.75) is 19.4 Å². The van der Waals surface area contributed by atoms with Crippen LogP contribution in [0.25, 0.3) is 0 Å².